The standard InChI is InChI=1S/C10H15N3.ClH/c1-8-2-4-12-10(6-8)13-5-3-9(11)7-13;/h2,4,6,9H,3,5,7,11H2,1H3;1H. The lowest BCUT2D eigenvalue weighted by Gasteiger charge is -2.16. The summed E-state index contributed by atoms with van der Waals surface area (Å²) in [4.78, 5) is 6.57. The van der Waals surface area contributed by atoms with Crippen molar-refractivity contribution >= 4 is 18.2 Å². The van der Waals surface area contributed by atoms with Gasteiger partial charge >= 0.3 is 0 Å². The monoisotopic (exact) mass is 213 g/mol. The molecule has 2 heterocycles. The molecule has 1 aliphatic heterocycles. The van der Waals surface area contributed by atoms with Gasteiger partial charge in [-0.1, -0.05) is 0 Å². The molecule has 1 atom stereocenters. The maximum Gasteiger partial charge on any atom is 0.128 e. The zero-order valence-electron chi connectivity index (χ0n) is 8.31. The molecule has 4 heteroatoms. The molecule has 1 aliphatic rings. The topological polar surface area (TPSA) is 42.2 Å². The van der Waals surface area contributed by atoms with Crippen LogP contribution in [0.1, 0.15) is 12.0 Å². The molecule has 14 heavy (non-hydrogen) atoms. The molecule has 1 fully saturated rings. The molecule has 2 N–H and O–H groups in total. The number of rotatable bonds is 1. The number of hydrogen-bond donors (Lipinski definition) is 1. The van der Waals surface area contributed by atoms with Crippen LogP contribution in [0.3, 0.4) is 0 Å². The van der Waals surface area contributed by atoms with Gasteiger partial charge in [0.05, 0.1) is 0 Å². The van der Waals surface area contributed by atoms with E-state index in [2.05, 4.69) is 22.9 Å². The van der Waals surface area contributed by atoms with E-state index in [1.165, 1.54) is 5.56 Å². The van der Waals surface area contributed by atoms with Crippen molar-refractivity contribution < 1.29 is 0 Å². The van der Waals surface area contributed by atoms with Crippen LogP contribution in [-0.4, -0.2) is 24.1 Å². The molecule has 1 unspecified atom stereocenters. The fourth-order valence-electron chi connectivity index (χ4n) is 1.69. The summed E-state index contributed by atoms with van der Waals surface area (Å²) in [6.07, 6.45) is 2.93. The van der Waals surface area contributed by atoms with Crippen molar-refractivity contribution in [1.82, 2.24) is 4.98 Å². The maximum atomic E-state index is 5.83. The Balaban J connectivity index is 0.000000980. The Bertz CT molecular complexity index is 303. The molecule has 1 aromatic rings. The maximum absolute atomic E-state index is 5.83. The van der Waals surface area contributed by atoms with Crippen molar-refractivity contribution in [3.05, 3.63) is 23.9 Å². The van der Waals surface area contributed by atoms with Gasteiger partial charge in [0.15, 0.2) is 0 Å². The summed E-state index contributed by atoms with van der Waals surface area (Å²) in [6, 6.07) is 4.44. The first-order valence-electron chi connectivity index (χ1n) is 4.69. The number of nitrogens with zero attached hydrogens (tertiary/aromatic N) is 2. The van der Waals surface area contributed by atoms with E-state index in [-0.39, 0.29) is 12.4 Å². The first-order valence-corrected chi connectivity index (χ1v) is 4.69. The minimum absolute atomic E-state index is 0. The fourth-order valence-corrected chi connectivity index (χ4v) is 1.69. The molecule has 78 valence electrons. The highest BCUT2D eigenvalue weighted by atomic mass is 35.5. The van der Waals surface area contributed by atoms with Crippen molar-refractivity contribution in [3.63, 3.8) is 0 Å². The van der Waals surface area contributed by atoms with E-state index in [9.17, 15) is 0 Å². The second-order valence-electron chi connectivity index (χ2n) is 3.69. The third-order valence-electron chi connectivity index (χ3n) is 2.45. The fraction of sp³-hybridized carbons (Fsp3) is 0.500. The molecule has 0 bridgehead atoms. The number of pyridine rings is 1. The van der Waals surface area contributed by atoms with Gasteiger partial charge in [-0.2, -0.15) is 0 Å². The molecule has 3 nitrogen and oxygen atoms in total. The summed E-state index contributed by atoms with van der Waals surface area (Å²) in [6.45, 7) is 4.06. The minimum Gasteiger partial charge on any atom is -0.355 e. The van der Waals surface area contributed by atoms with Crippen molar-refractivity contribution in [2.75, 3.05) is 18.0 Å². The lowest BCUT2D eigenvalue weighted by atomic mass is 10.3. The summed E-state index contributed by atoms with van der Waals surface area (Å²) in [5.74, 6) is 1.06. The highest BCUT2D eigenvalue weighted by Crippen LogP contribution is 2.17. The number of halogens is 1. The summed E-state index contributed by atoms with van der Waals surface area (Å²) in [5.41, 5.74) is 7.09. The van der Waals surface area contributed by atoms with Crippen molar-refractivity contribution in [1.29, 1.82) is 0 Å². The molecule has 0 spiro atoms. The Hall–Kier alpha value is -0.800. The number of aryl methyl sites for hydroxylation is 1. The predicted molar refractivity (Wildman–Crippen MR) is 61.0 cm³/mol. The van der Waals surface area contributed by atoms with E-state index >= 15 is 0 Å². The lowest BCUT2D eigenvalue weighted by Crippen LogP contribution is -2.26. The summed E-state index contributed by atoms with van der Waals surface area (Å²) in [7, 11) is 0. The Kier molecular flexibility index (Phi) is 3.72. The molecule has 1 aromatic heterocycles. The number of nitrogens with two attached hydrogens (primary N) is 1. The number of aromatic nitrogens is 1. The van der Waals surface area contributed by atoms with Crippen LogP contribution in [0.25, 0.3) is 0 Å². The minimum atomic E-state index is 0. The van der Waals surface area contributed by atoms with Crippen molar-refractivity contribution in [3.8, 4) is 0 Å². The van der Waals surface area contributed by atoms with Crippen molar-refractivity contribution in [2.24, 2.45) is 5.73 Å². The van der Waals surface area contributed by atoms with Gasteiger partial charge in [0.1, 0.15) is 5.82 Å². The Morgan fingerprint density at radius 2 is 2.36 bits per heavy atom. The SMILES string of the molecule is Cc1ccnc(N2CCC(N)C2)c1.Cl. The van der Waals surface area contributed by atoms with Crippen LogP contribution in [0.15, 0.2) is 18.3 Å². The van der Waals surface area contributed by atoms with Crippen LogP contribution >= 0.6 is 12.4 Å². The number of anilines is 1. The van der Waals surface area contributed by atoms with Crippen LogP contribution in [0.2, 0.25) is 0 Å². The van der Waals surface area contributed by atoms with Gasteiger partial charge in [-0.3, -0.25) is 0 Å². The highest BCUT2D eigenvalue weighted by Gasteiger charge is 2.19. The molecule has 0 aromatic carbocycles. The molecular formula is C10H16ClN3. The first-order chi connectivity index (χ1) is 6.25. The van der Waals surface area contributed by atoms with Gasteiger partial charge < -0.3 is 10.6 Å². The quantitative estimate of drug-likeness (QED) is 0.766. The molecule has 0 amide bonds. The molecule has 0 aliphatic carbocycles. The predicted octanol–water partition coefficient (Wildman–Crippen LogP) is 1.35. The largest absolute Gasteiger partial charge is 0.355 e. The van der Waals surface area contributed by atoms with Gasteiger partial charge in [-0.05, 0) is 31.0 Å². The van der Waals surface area contributed by atoms with Crippen LogP contribution < -0.4 is 10.6 Å². The highest BCUT2D eigenvalue weighted by molar-refractivity contribution is 5.85. The third kappa shape index (κ3) is 2.36. The van der Waals surface area contributed by atoms with Crippen LogP contribution in [0, 0.1) is 6.92 Å². The van der Waals surface area contributed by atoms with Crippen LogP contribution in [-0.2, 0) is 0 Å². The Morgan fingerprint density at radius 1 is 1.57 bits per heavy atom. The van der Waals surface area contributed by atoms with E-state index in [1.54, 1.807) is 0 Å². The van der Waals surface area contributed by atoms with Crippen LogP contribution in [0.4, 0.5) is 5.82 Å². The molecular weight excluding hydrogens is 198 g/mol. The normalized spacial score (nSPS) is 20.7. The Morgan fingerprint density at radius 3 is 2.93 bits per heavy atom. The van der Waals surface area contributed by atoms with E-state index in [0.717, 1.165) is 25.3 Å². The van der Waals surface area contributed by atoms with Gasteiger partial charge in [0, 0.05) is 25.3 Å². The molecule has 2 rings (SSSR count). The van der Waals surface area contributed by atoms with Crippen molar-refractivity contribution in [2.45, 2.75) is 19.4 Å². The van der Waals surface area contributed by atoms with Gasteiger partial charge in [-0.25, -0.2) is 4.98 Å². The van der Waals surface area contributed by atoms with E-state index in [1.807, 2.05) is 12.3 Å². The summed E-state index contributed by atoms with van der Waals surface area (Å²) in [5, 5.41) is 0. The van der Waals surface area contributed by atoms with Gasteiger partial charge in [0.25, 0.3) is 0 Å². The summed E-state index contributed by atoms with van der Waals surface area (Å²) >= 11 is 0. The number of hydrogen-bond acceptors (Lipinski definition) is 3. The average Bonchev–Trinajstić information content (AvgIpc) is 2.52. The van der Waals surface area contributed by atoms with Crippen LogP contribution in [0.5, 0.6) is 0 Å². The summed E-state index contributed by atoms with van der Waals surface area (Å²) < 4.78 is 0. The average molecular weight is 214 g/mol. The van der Waals surface area contributed by atoms with E-state index < -0.39 is 0 Å². The van der Waals surface area contributed by atoms with Gasteiger partial charge in [-0.15, -0.1) is 12.4 Å². The zero-order chi connectivity index (χ0) is 9.26. The first kappa shape index (κ1) is 11.3. The van der Waals surface area contributed by atoms with E-state index in [0.29, 0.717) is 6.04 Å². The molecule has 0 saturated carbocycles. The second-order valence-corrected chi connectivity index (χ2v) is 3.69. The smallest absolute Gasteiger partial charge is 0.128 e. The molecule has 0 radical (unpaired) electrons. The lowest BCUT2D eigenvalue weighted by molar-refractivity contribution is 0.751. The Labute approximate surface area is 90.7 Å². The third-order valence-corrected chi connectivity index (χ3v) is 2.45. The second kappa shape index (κ2) is 4.62. The molecule has 1 saturated heterocycles. The van der Waals surface area contributed by atoms with E-state index in [4.69, 9.17) is 5.73 Å². The zero-order valence-corrected chi connectivity index (χ0v) is 9.13. The van der Waals surface area contributed by atoms with Gasteiger partial charge in [0.2, 0.25) is 0 Å².